The van der Waals surface area contributed by atoms with Crippen molar-refractivity contribution in [2.45, 2.75) is 32.2 Å². The Kier molecular flexibility index (Phi) is 5.71. The lowest BCUT2D eigenvalue weighted by Gasteiger charge is -2.07. The number of hydrogen-bond donors (Lipinski definition) is 1. The number of fused-ring (bicyclic) bond motifs is 1. The lowest BCUT2D eigenvalue weighted by Crippen LogP contribution is -2.27. The van der Waals surface area contributed by atoms with E-state index in [0.717, 1.165) is 21.7 Å². The Hall–Kier alpha value is -1.92. The number of aromatic nitrogens is 2. The van der Waals surface area contributed by atoms with Gasteiger partial charge in [-0.25, -0.2) is 9.97 Å². The standard InChI is InChI=1S/C19H21N3OS2/c1-12-6-4-5-7-15(12)8-9-20-16(23)10-24-18-17-13(2)14(3)25-19(17)22-11-21-18/h4-7,11H,8-10H2,1-3H3,(H,20,23). The van der Waals surface area contributed by atoms with E-state index in [9.17, 15) is 4.79 Å². The highest BCUT2D eigenvalue weighted by atomic mass is 32.2. The zero-order valence-corrected chi connectivity index (χ0v) is 16.3. The van der Waals surface area contributed by atoms with Crippen LogP contribution in [0.5, 0.6) is 0 Å². The van der Waals surface area contributed by atoms with Crippen molar-refractivity contribution in [1.29, 1.82) is 0 Å². The monoisotopic (exact) mass is 371 g/mol. The van der Waals surface area contributed by atoms with Gasteiger partial charge < -0.3 is 5.32 Å². The number of thiophene rings is 1. The van der Waals surface area contributed by atoms with E-state index in [0.29, 0.717) is 12.3 Å². The predicted octanol–water partition coefficient (Wildman–Crippen LogP) is 4.07. The average Bonchev–Trinajstić information content (AvgIpc) is 2.90. The molecule has 1 N–H and O–H groups in total. The van der Waals surface area contributed by atoms with Gasteiger partial charge in [0.2, 0.25) is 5.91 Å². The lowest BCUT2D eigenvalue weighted by molar-refractivity contribution is -0.118. The van der Waals surface area contributed by atoms with Crippen LogP contribution in [0.3, 0.4) is 0 Å². The molecule has 0 atom stereocenters. The van der Waals surface area contributed by atoms with Crippen molar-refractivity contribution >= 4 is 39.2 Å². The zero-order chi connectivity index (χ0) is 17.8. The minimum atomic E-state index is 0.0370. The van der Waals surface area contributed by atoms with Gasteiger partial charge in [-0.3, -0.25) is 4.79 Å². The highest BCUT2D eigenvalue weighted by Crippen LogP contribution is 2.34. The van der Waals surface area contributed by atoms with Crippen molar-refractivity contribution in [2.75, 3.05) is 12.3 Å². The van der Waals surface area contributed by atoms with Crippen LogP contribution in [-0.4, -0.2) is 28.2 Å². The molecule has 0 saturated heterocycles. The number of carbonyl (C=O) groups excluding carboxylic acids is 1. The summed E-state index contributed by atoms with van der Waals surface area (Å²) in [6.45, 7) is 6.93. The van der Waals surface area contributed by atoms with Gasteiger partial charge in [0.15, 0.2) is 0 Å². The maximum absolute atomic E-state index is 12.1. The molecule has 0 aliphatic carbocycles. The molecule has 1 amide bonds. The van der Waals surface area contributed by atoms with E-state index in [1.807, 2.05) is 12.1 Å². The van der Waals surface area contributed by atoms with Gasteiger partial charge >= 0.3 is 0 Å². The van der Waals surface area contributed by atoms with Crippen molar-refractivity contribution in [3.05, 3.63) is 52.2 Å². The first-order valence-electron chi connectivity index (χ1n) is 8.21. The number of benzene rings is 1. The second-order valence-electron chi connectivity index (χ2n) is 5.96. The molecule has 0 saturated carbocycles. The number of nitrogens with zero attached hydrogens (tertiary/aromatic N) is 2. The van der Waals surface area contributed by atoms with E-state index in [1.165, 1.54) is 33.3 Å². The van der Waals surface area contributed by atoms with Crippen LogP contribution in [0.25, 0.3) is 10.2 Å². The van der Waals surface area contributed by atoms with E-state index in [-0.39, 0.29) is 5.91 Å². The Labute approximate surface area is 156 Å². The normalized spacial score (nSPS) is 11.0. The van der Waals surface area contributed by atoms with Crippen molar-refractivity contribution < 1.29 is 4.79 Å². The summed E-state index contributed by atoms with van der Waals surface area (Å²) in [5.74, 6) is 0.406. The number of carbonyl (C=O) groups is 1. The van der Waals surface area contributed by atoms with Crippen LogP contribution >= 0.6 is 23.1 Å². The van der Waals surface area contributed by atoms with Gasteiger partial charge in [0, 0.05) is 16.8 Å². The van der Waals surface area contributed by atoms with Gasteiger partial charge in [-0.1, -0.05) is 36.0 Å². The quantitative estimate of drug-likeness (QED) is 0.524. The van der Waals surface area contributed by atoms with Crippen LogP contribution in [0.15, 0.2) is 35.6 Å². The molecular formula is C19H21N3OS2. The van der Waals surface area contributed by atoms with Crippen LogP contribution < -0.4 is 5.32 Å². The summed E-state index contributed by atoms with van der Waals surface area (Å²) in [5.41, 5.74) is 3.75. The molecule has 3 aromatic rings. The Morgan fingerprint density at radius 2 is 2.00 bits per heavy atom. The molecular weight excluding hydrogens is 350 g/mol. The summed E-state index contributed by atoms with van der Waals surface area (Å²) in [5, 5.41) is 4.97. The van der Waals surface area contributed by atoms with Crippen molar-refractivity contribution in [3.8, 4) is 0 Å². The topological polar surface area (TPSA) is 54.9 Å². The van der Waals surface area contributed by atoms with Gasteiger partial charge in [-0.05, 0) is 43.9 Å². The van der Waals surface area contributed by atoms with Crippen LogP contribution in [-0.2, 0) is 11.2 Å². The lowest BCUT2D eigenvalue weighted by atomic mass is 10.1. The van der Waals surface area contributed by atoms with E-state index in [1.54, 1.807) is 17.7 Å². The van der Waals surface area contributed by atoms with E-state index in [4.69, 9.17) is 0 Å². The molecule has 4 nitrogen and oxygen atoms in total. The maximum Gasteiger partial charge on any atom is 0.230 e. The molecule has 0 bridgehead atoms. The Balaban J connectivity index is 1.55. The SMILES string of the molecule is Cc1ccccc1CCNC(=O)CSc1ncnc2sc(C)c(C)c12. The summed E-state index contributed by atoms with van der Waals surface area (Å²) in [6, 6.07) is 8.27. The molecule has 0 aliphatic rings. The smallest absolute Gasteiger partial charge is 0.230 e. The van der Waals surface area contributed by atoms with Gasteiger partial charge in [0.25, 0.3) is 0 Å². The fourth-order valence-electron chi connectivity index (χ4n) is 2.67. The third kappa shape index (κ3) is 4.19. The van der Waals surface area contributed by atoms with E-state index < -0.39 is 0 Å². The molecule has 3 rings (SSSR count). The molecule has 0 aliphatic heterocycles. The Morgan fingerprint density at radius 1 is 1.20 bits per heavy atom. The summed E-state index contributed by atoms with van der Waals surface area (Å²) < 4.78 is 0. The van der Waals surface area contributed by atoms with Gasteiger partial charge in [0.05, 0.1) is 5.75 Å². The summed E-state index contributed by atoms with van der Waals surface area (Å²) in [7, 11) is 0. The second-order valence-corrected chi connectivity index (χ2v) is 8.12. The van der Waals surface area contributed by atoms with E-state index in [2.05, 4.69) is 48.2 Å². The molecule has 1 aromatic carbocycles. The summed E-state index contributed by atoms with van der Waals surface area (Å²) in [4.78, 5) is 23.1. The first-order chi connectivity index (χ1) is 12.1. The van der Waals surface area contributed by atoms with Gasteiger partial charge in [0.1, 0.15) is 16.2 Å². The van der Waals surface area contributed by atoms with Crippen molar-refractivity contribution in [3.63, 3.8) is 0 Å². The second kappa shape index (κ2) is 7.97. The number of aryl methyl sites for hydroxylation is 3. The number of rotatable bonds is 6. The number of amides is 1. The van der Waals surface area contributed by atoms with Crippen LogP contribution in [0.4, 0.5) is 0 Å². The van der Waals surface area contributed by atoms with Gasteiger partial charge in [-0.15, -0.1) is 11.3 Å². The largest absolute Gasteiger partial charge is 0.355 e. The molecule has 0 fully saturated rings. The third-order valence-corrected chi connectivity index (χ3v) is 6.35. The number of nitrogens with one attached hydrogen (secondary N) is 1. The van der Waals surface area contributed by atoms with Crippen molar-refractivity contribution in [1.82, 2.24) is 15.3 Å². The Bertz CT molecular complexity index is 905. The molecule has 25 heavy (non-hydrogen) atoms. The number of thioether (sulfide) groups is 1. The first-order valence-corrected chi connectivity index (χ1v) is 10.0. The summed E-state index contributed by atoms with van der Waals surface area (Å²) >= 11 is 3.15. The predicted molar refractivity (Wildman–Crippen MR) is 106 cm³/mol. The fraction of sp³-hybridized carbons (Fsp3) is 0.316. The summed E-state index contributed by atoms with van der Waals surface area (Å²) in [6.07, 6.45) is 2.43. The molecule has 2 heterocycles. The highest BCUT2D eigenvalue weighted by molar-refractivity contribution is 8.00. The average molecular weight is 372 g/mol. The minimum Gasteiger partial charge on any atom is -0.355 e. The van der Waals surface area contributed by atoms with E-state index >= 15 is 0 Å². The third-order valence-electron chi connectivity index (χ3n) is 4.25. The van der Waals surface area contributed by atoms with Crippen molar-refractivity contribution in [2.24, 2.45) is 0 Å². The molecule has 130 valence electrons. The zero-order valence-electron chi connectivity index (χ0n) is 14.6. The van der Waals surface area contributed by atoms with Crippen LogP contribution in [0.2, 0.25) is 0 Å². The molecule has 0 radical (unpaired) electrons. The molecule has 2 aromatic heterocycles. The fourth-order valence-corrected chi connectivity index (χ4v) is 4.62. The highest BCUT2D eigenvalue weighted by Gasteiger charge is 2.13. The molecule has 0 unspecified atom stereocenters. The first kappa shape index (κ1) is 17.9. The van der Waals surface area contributed by atoms with Crippen LogP contribution in [0.1, 0.15) is 21.6 Å². The van der Waals surface area contributed by atoms with Crippen LogP contribution in [0, 0.1) is 20.8 Å². The molecule has 6 heteroatoms. The maximum atomic E-state index is 12.1. The molecule has 0 spiro atoms. The Morgan fingerprint density at radius 3 is 2.80 bits per heavy atom. The van der Waals surface area contributed by atoms with Gasteiger partial charge in [-0.2, -0.15) is 0 Å². The number of hydrogen-bond acceptors (Lipinski definition) is 5. The minimum absolute atomic E-state index is 0.0370.